The number of benzene rings is 2. The van der Waals surface area contributed by atoms with E-state index in [9.17, 15) is 9.59 Å². The maximum Gasteiger partial charge on any atom is 0.266 e. The SMILES string of the molecule is COc1ccccc1NC(=O)CCN1C(=O)/C(=C\c2ccccc2)SC1=S. The van der Waals surface area contributed by atoms with Crippen molar-refractivity contribution < 1.29 is 14.3 Å². The van der Waals surface area contributed by atoms with Gasteiger partial charge in [0.05, 0.1) is 17.7 Å². The number of rotatable bonds is 6. The number of carbonyl (C=O) groups is 2. The van der Waals surface area contributed by atoms with Gasteiger partial charge in [0, 0.05) is 13.0 Å². The average molecular weight is 399 g/mol. The van der Waals surface area contributed by atoms with Crippen LogP contribution in [0.1, 0.15) is 12.0 Å². The van der Waals surface area contributed by atoms with Gasteiger partial charge in [0.25, 0.3) is 5.91 Å². The van der Waals surface area contributed by atoms with Gasteiger partial charge in [0.1, 0.15) is 10.1 Å². The van der Waals surface area contributed by atoms with Crippen LogP contribution in [0.5, 0.6) is 5.75 Å². The Balaban J connectivity index is 1.61. The third kappa shape index (κ3) is 4.75. The molecule has 1 aliphatic rings. The van der Waals surface area contributed by atoms with Crippen molar-refractivity contribution in [2.75, 3.05) is 19.0 Å². The Kier molecular flexibility index (Phi) is 6.26. The molecular formula is C20H18N2O3S2. The van der Waals surface area contributed by atoms with E-state index in [1.54, 1.807) is 19.2 Å². The average Bonchev–Trinajstić information content (AvgIpc) is 2.94. The maximum absolute atomic E-state index is 12.6. The van der Waals surface area contributed by atoms with Crippen LogP contribution in [-0.4, -0.2) is 34.7 Å². The molecule has 0 aliphatic carbocycles. The highest BCUT2D eigenvalue weighted by molar-refractivity contribution is 8.26. The van der Waals surface area contributed by atoms with Gasteiger partial charge >= 0.3 is 0 Å². The van der Waals surface area contributed by atoms with Gasteiger partial charge in [0.2, 0.25) is 5.91 Å². The number of para-hydroxylation sites is 2. The van der Waals surface area contributed by atoms with Crippen LogP contribution in [0.2, 0.25) is 0 Å². The lowest BCUT2D eigenvalue weighted by atomic mass is 10.2. The largest absolute Gasteiger partial charge is 0.495 e. The van der Waals surface area contributed by atoms with Crippen LogP contribution < -0.4 is 10.1 Å². The highest BCUT2D eigenvalue weighted by Crippen LogP contribution is 2.32. The van der Waals surface area contributed by atoms with Gasteiger partial charge < -0.3 is 10.1 Å². The molecule has 0 bridgehead atoms. The molecule has 0 atom stereocenters. The van der Waals surface area contributed by atoms with Crippen LogP contribution in [0.15, 0.2) is 59.5 Å². The zero-order valence-electron chi connectivity index (χ0n) is 14.7. The lowest BCUT2D eigenvalue weighted by Gasteiger charge is -2.15. The first-order valence-corrected chi connectivity index (χ1v) is 9.54. The van der Waals surface area contributed by atoms with E-state index in [2.05, 4.69) is 5.32 Å². The van der Waals surface area contributed by atoms with E-state index in [1.165, 1.54) is 16.7 Å². The Morgan fingerprint density at radius 1 is 1.19 bits per heavy atom. The summed E-state index contributed by atoms with van der Waals surface area (Å²) in [5.74, 6) is 0.210. The molecule has 0 unspecified atom stereocenters. The molecule has 0 spiro atoms. The topological polar surface area (TPSA) is 58.6 Å². The van der Waals surface area contributed by atoms with Gasteiger partial charge in [-0.15, -0.1) is 0 Å². The number of thioether (sulfide) groups is 1. The monoisotopic (exact) mass is 398 g/mol. The van der Waals surface area contributed by atoms with E-state index >= 15 is 0 Å². The van der Waals surface area contributed by atoms with Crippen molar-refractivity contribution in [3.63, 3.8) is 0 Å². The van der Waals surface area contributed by atoms with Crippen LogP contribution in [-0.2, 0) is 9.59 Å². The summed E-state index contributed by atoms with van der Waals surface area (Å²) < 4.78 is 5.68. The van der Waals surface area contributed by atoms with E-state index in [-0.39, 0.29) is 24.8 Å². The second-order valence-corrected chi connectivity index (χ2v) is 7.42. The van der Waals surface area contributed by atoms with Crippen molar-refractivity contribution in [1.29, 1.82) is 0 Å². The quantitative estimate of drug-likeness (QED) is 0.590. The van der Waals surface area contributed by atoms with Gasteiger partial charge in [-0.1, -0.05) is 66.4 Å². The number of hydrogen-bond acceptors (Lipinski definition) is 5. The Labute approximate surface area is 167 Å². The molecule has 2 aromatic rings. The van der Waals surface area contributed by atoms with Crippen molar-refractivity contribution in [3.8, 4) is 5.75 Å². The summed E-state index contributed by atoms with van der Waals surface area (Å²) in [6.45, 7) is 0.234. The molecule has 1 heterocycles. The number of amides is 2. The number of nitrogens with one attached hydrogen (secondary N) is 1. The zero-order chi connectivity index (χ0) is 19.2. The molecule has 3 rings (SSSR count). The summed E-state index contributed by atoms with van der Waals surface area (Å²) in [7, 11) is 1.55. The summed E-state index contributed by atoms with van der Waals surface area (Å²) in [6.07, 6.45) is 1.96. The van der Waals surface area contributed by atoms with Crippen LogP contribution >= 0.6 is 24.0 Å². The van der Waals surface area contributed by atoms with Gasteiger partial charge in [-0.25, -0.2) is 0 Å². The van der Waals surface area contributed by atoms with E-state index in [4.69, 9.17) is 17.0 Å². The second kappa shape index (κ2) is 8.83. The number of carbonyl (C=O) groups excluding carboxylic acids is 2. The third-order valence-electron chi connectivity index (χ3n) is 3.91. The molecule has 1 fully saturated rings. The zero-order valence-corrected chi connectivity index (χ0v) is 16.3. The van der Waals surface area contributed by atoms with E-state index in [0.29, 0.717) is 20.7 Å². The molecular weight excluding hydrogens is 380 g/mol. The Morgan fingerprint density at radius 2 is 1.89 bits per heavy atom. The molecule has 0 saturated carbocycles. The first-order chi connectivity index (χ1) is 13.1. The number of ether oxygens (including phenoxy) is 1. The standard InChI is InChI=1S/C20H18N2O3S2/c1-25-16-10-6-5-9-15(16)21-18(23)11-12-22-19(24)17(27-20(22)26)13-14-7-3-2-4-8-14/h2-10,13H,11-12H2,1H3,(H,21,23)/b17-13+. The predicted octanol–water partition coefficient (Wildman–Crippen LogP) is 3.93. The normalized spacial score (nSPS) is 15.3. The first kappa shape index (κ1) is 19.1. The van der Waals surface area contributed by atoms with Crippen molar-refractivity contribution in [1.82, 2.24) is 4.90 Å². The highest BCUT2D eigenvalue weighted by atomic mass is 32.2. The number of methoxy groups -OCH3 is 1. The Hall–Kier alpha value is -2.64. The fourth-order valence-corrected chi connectivity index (χ4v) is 3.88. The predicted molar refractivity (Wildman–Crippen MR) is 113 cm³/mol. The molecule has 5 nitrogen and oxygen atoms in total. The first-order valence-electron chi connectivity index (χ1n) is 8.32. The van der Waals surface area contributed by atoms with Crippen LogP contribution in [0.4, 0.5) is 5.69 Å². The maximum atomic E-state index is 12.6. The molecule has 1 N–H and O–H groups in total. The number of nitrogens with zero attached hydrogens (tertiary/aromatic N) is 1. The lowest BCUT2D eigenvalue weighted by molar-refractivity contribution is -0.122. The van der Waals surface area contributed by atoms with Crippen LogP contribution in [0.25, 0.3) is 6.08 Å². The number of anilines is 1. The van der Waals surface area contributed by atoms with Gasteiger partial charge in [-0.05, 0) is 23.8 Å². The van der Waals surface area contributed by atoms with Crippen molar-refractivity contribution in [2.45, 2.75) is 6.42 Å². The van der Waals surface area contributed by atoms with E-state index in [1.807, 2.05) is 48.5 Å². The molecule has 2 aromatic carbocycles. The fourth-order valence-electron chi connectivity index (χ4n) is 2.57. The minimum Gasteiger partial charge on any atom is -0.495 e. The number of hydrogen-bond donors (Lipinski definition) is 1. The molecule has 138 valence electrons. The van der Waals surface area contributed by atoms with Crippen molar-refractivity contribution in [2.24, 2.45) is 0 Å². The van der Waals surface area contributed by atoms with E-state index in [0.717, 1.165) is 5.56 Å². The summed E-state index contributed by atoms with van der Waals surface area (Å²) in [5.41, 5.74) is 1.53. The minimum atomic E-state index is -0.208. The lowest BCUT2D eigenvalue weighted by Crippen LogP contribution is -2.31. The molecule has 1 aliphatic heterocycles. The third-order valence-corrected chi connectivity index (χ3v) is 5.29. The van der Waals surface area contributed by atoms with Gasteiger partial charge in [-0.2, -0.15) is 0 Å². The van der Waals surface area contributed by atoms with Crippen LogP contribution in [0.3, 0.4) is 0 Å². The molecule has 0 aromatic heterocycles. The molecule has 7 heteroatoms. The Morgan fingerprint density at radius 3 is 2.63 bits per heavy atom. The number of thiocarbonyl (C=S) groups is 1. The molecule has 0 radical (unpaired) electrons. The second-order valence-electron chi connectivity index (χ2n) is 5.74. The van der Waals surface area contributed by atoms with Gasteiger partial charge in [-0.3, -0.25) is 14.5 Å². The summed E-state index contributed by atoms with van der Waals surface area (Å²) in [5, 5.41) is 2.80. The molecule has 1 saturated heterocycles. The van der Waals surface area contributed by atoms with E-state index < -0.39 is 0 Å². The summed E-state index contributed by atoms with van der Waals surface area (Å²) >= 11 is 6.56. The summed E-state index contributed by atoms with van der Waals surface area (Å²) in [4.78, 5) is 26.9. The fraction of sp³-hybridized carbons (Fsp3) is 0.150. The molecule has 2 amide bonds. The highest BCUT2D eigenvalue weighted by Gasteiger charge is 2.32. The summed E-state index contributed by atoms with van der Waals surface area (Å²) in [6, 6.07) is 16.8. The minimum absolute atomic E-state index is 0.142. The van der Waals surface area contributed by atoms with Crippen molar-refractivity contribution in [3.05, 3.63) is 65.1 Å². The van der Waals surface area contributed by atoms with Crippen molar-refractivity contribution >= 4 is 51.9 Å². The van der Waals surface area contributed by atoms with Crippen LogP contribution in [0, 0.1) is 0 Å². The van der Waals surface area contributed by atoms with Gasteiger partial charge in [0.15, 0.2) is 0 Å². The molecule has 27 heavy (non-hydrogen) atoms. The Bertz CT molecular complexity index is 897. The smallest absolute Gasteiger partial charge is 0.266 e.